The first-order valence-corrected chi connectivity index (χ1v) is 6.73. The summed E-state index contributed by atoms with van der Waals surface area (Å²) in [5.41, 5.74) is 0. The Balaban J connectivity index is 1.82. The van der Waals surface area contributed by atoms with E-state index < -0.39 is 0 Å². The third-order valence-electron chi connectivity index (χ3n) is 3.23. The third kappa shape index (κ3) is 2.74. The van der Waals surface area contributed by atoms with E-state index in [1.54, 1.807) is 0 Å². The van der Waals surface area contributed by atoms with Crippen molar-refractivity contribution in [3.63, 3.8) is 0 Å². The van der Waals surface area contributed by atoms with Gasteiger partial charge in [0, 0.05) is 11.7 Å². The molecule has 1 atom stereocenters. The molecule has 1 heterocycles. The van der Waals surface area contributed by atoms with E-state index in [2.05, 4.69) is 5.32 Å². The molecule has 1 aliphatic carbocycles. The Kier molecular flexibility index (Phi) is 3.67. The second-order valence-corrected chi connectivity index (χ2v) is 5.45. The van der Waals surface area contributed by atoms with Gasteiger partial charge >= 0.3 is 0 Å². The highest BCUT2D eigenvalue weighted by atomic mass is 32.2. The minimum atomic E-state index is -0.204. The molecule has 0 unspecified atom stereocenters. The minimum Gasteiger partial charge on any atom is -0.345 e. The monoisotopic (exact) mass is 227 g/mol. The maximum absolute atomic E-state index is 11.8. The van der Waals surface area contributed by atoms with Crippen LogP contribution < -0.4 is 5.32 Å². The molecule has 4 heteroatoms. The molecule has 1 amide bonds. The number of carbonyl (C=O) groups is 2. The van der Waals surface area contributed by atoms with E-state index in [1.807, 2.05) is 0 Å². The molecule has 0 bridgehead atoms. The van der Waals surface area contributed by atoms with Crippen molar-refractivity contribution in [3.8, 4) is 0 Å². The van der Waals surface area contributed by atoms with Crippen molar-refractivity contribution >= 4 is 22.8 Å². The van der Waals surface area contributed by atoms with E-state index in [0.717, 1.165) is 37.9 Å². The first kappa shape index (κ1) is 11.0. The summed E-state index contributed by atoms with van der Waals surface area (Å²) in [6, 6.07) is -0.204. The third-order valence-corrected chi connectivity index (χ3v) is 4.24. The van der Waals surface area contributed by atoms with Crippen LogP contribution in [-0.2, 0) is 9.59 Å². The molecule has 15 heavy (non-hydrogen) atoms. The zero-order valence-corrected chi connectivity index (χ0v) is 9.65. The Labute approximate surface area is 94.4 Å². The van der Waals surface area contributed by atoms with Crippen molar-refractivity contribution in [1.29, 1.82) is 0 Å². The fourth-order valence-electron chi connectivity index (χ4n) is 2.28. The maximum atomic E-state index is 11.8. The smallest absolute Gasteiger partial charge is 0.223 e. The molecule has 2 rings (SSSR count). The second kappa shape index (κ2) is 5.01. The van der Waals surface area contributed by atoms with Crippen molar-refractivity contribution in [2.45, 2.75) is 44.6 Å². The van der Waals surface area contributed by atoms with Crippen LogP contribution in [0, 0.1) is 5.92 Å². The van der Waals surface area contributed by atoms with Gasteiger partial charge in [0.2, 0.25) is 11.0 Å². The Morgan fingerprint density at radius 1 is 1.20 bits per heavy atom. The Hall–Kier alpha value is -0.510. The lowest BCUT2D eigenvalue weighted by molar-refractivity contribution is -0.128. The number of thioether (sulfide) groups is 1. The molecule has 1 aliphatic heterocycles. The number of amides is 1. The Morgan fingerprint density at radius 2 is 1.93 bits per heavy atom. The molecule has 0 aromatic rings. The summed E-state index contributed by atoms with van der Waals surface area (Å²) in [7, 11) is 0. The summed E-state index contributed by atoms with van der Waals surface area (Å²) < 4.78 is 0. The lowest BCUT2D eigenvalue weighted by Crippen LogP contribution is -2.41. The normalized spacial score (nSPS) is 28.0. The SMILES string of the molecule is O=C(N[C@@H]1CCSC1=O)C1CCCCC1. The van der Waals surface area contributed by atoms with Crippen LogP contribution in [0.15, 0.2) is 0 Å². The first-order valence-electron chi connectivity index (χ1n) is 5.74. The molecule has 2 aliphatic rings. The summed E-state index contributed by atoms with van der Waals surface area (Å²) in [4.78, 5) is 23.2. The Morgan fingerprint density at radius 3 is 2.53 bits per heavy atom. The van der Waals surface area contributed by atoms with Crippen LogP contribution >= 0.6 is 11.8 Å². The molecule has 0 aromatic heterocycles. The summed E-state index contributed by atoms with van der Waals surface area (Å²) in [6.45, 7) is 0. The zero-order valence-electron chi connectivity index (χ0n) is 8.83. The van der Waals surface area contributed by atoms with Gasteiger partial charge in [0.1, 0.15) is 0 Å². The number of nitrogens with one attached hydrogen (secondary N) is 1. The molecule has 1 saturated carbocycles. The van der Waals surface area contributed by atoms with Crippen LogP contribution in [0.25, 0.3) is 0 Å². The van der Waals surface area contributed by atoms with Gasteiger partial charge in [-0.15, -0.1) is 0 Å². The predicted octanol–water partition coefficient (Wildman–Crippen LogP) is 1.71. The second-order valence-electron chi connectivity index (χ2n) is 4.35. The number of hydrogen-bond donors (Lipinski definition) is 1. The highest BCUT2D eigenvalue weighted by Gasteiger charge is 2.29. The highest BCUT2D eigenvalue weighted by molar-refractivity contribution is 8.14. The van der Waals surface area contributed by atoms with E-state index in [1.165, 1.54) is 18.2 Å². The molecular weight excluding hydrogens is 210 g/mol. The molecule has 3 nitrogen and oxygen atoms in total. The molecule has 2 fully saturated rings. The van der Waals surface area contributed by atoms with Crippen LogP contribution in [0.3, 0.4) is 0 Å². The molecule has 0 radical (unpaired) electrons. The zero-order chi connectivity index (χ0) is 10.7. The standard InChI is InChI=1S/C11H17NO2S/c13-10(8-4-2-1-3-5-8)12-9-6-7-15-11(9)14/h8-9H,1-7H2,(H,12,13)/t9-/m1/s1. The molecule has 1 saturated heterocycles. The lowest BCUT2D eigenvalue weighted by atomic mass is 9.88. The number of rotatable bonds is 2. The van der Waals surface area contributed by atoms with Gasteiger partial charge in [-0.05, 0) is 19.3 Å². The molecule has 1 N–H and O–H groups in total. The van der Waals surface area contributed by atoms with Crippen molar-refractivity contribution in [2.24, 2.45) is 5.92 Å². The van der Waals surface area contributed by atoms with Gasteiger partial charge in [0.05, 0.1) is 6.04 Å². The fraction of sp³-hybridized carbons (Fsp3) is 0.818. The van der Waals surface area contributed by atoms with Crippen LogP contribution in [0.2, 0.25) is 0 Å². The van der Waals surface area contributed by atoms with Crippen molar-refractivity contribution < 1.29 is 9.59 Å². The Bertz CT molecular complexity index is 261. The average molecular weight is 227 g/mol. The van der Waals surface area contributed by atoms with E-state index in [4.69, 9.17) is 0 Å². The number of carbonyl (C=O) groups excluding carboxylic acids is 2. The van der Waals surface area contributed by atoms with Crippen LogP contribution in [-0.4, -0.2) is 22.8 Å². The van der Waals surface area contributed by atoms with Crippen LogP contribution in [0.4, 0.5) is 0 Å². The minimum absolute atomic E-state index is 0.107. The number of hydrogen-bond acceptors (Lipinski definition) is 3. The average Bonchev–Trinajstić information content (AvgIpc) is 2.66. The maximum Gasteiger partial charge on any atom is 0.223 e. The van der Waals surface area contributed by atoms with Gasteiger partial charge in [0.15, 0.2) is 0 Å². The summed E-state index contributed by atoms with van der Waals surface area (Å²) in [5, 5.41) is 3.03. The largest absolute Gasteiger partial charge is 0.345 e. The van der Waals surface area contributed by atoms with Gasteiger partial charge in [-0.2, -0.15) is 0 Å². The molecular formula is C11H17NO2S. The van der Waals surface area contributed by atoms with Crippen LogP contribution in [0.5, 0.6) is 0 Å². The first-order chi connectivity index (χ1) is 7.27. The summed E-state index contributed by atoms with van der Waals surface area (Å²) in [5.74, 6) is 1.13. The lowest BCUT2D eigenvalue weighted by Gasteiger charge is -2.22. The van der Waals surface area contributed by atoms with Crippen molar-refractivity contribution in [3.05, 3.63) is 0 Å². The van der Waals surface area contributed by atoms with E-state index in [9.17, 15) is 9.59 Å². The van der Waals surface area contributed by atoms with Gasteiger partial charge in [0.25, 0.3) is 0 Å². The summed E-state index contributed by atoms with van der Waals surface area (Å²) in [6.07, 6.45) is 6.38. The quantitative estimate of drug-likeness (QED) is 0.781. The summed E-state index contributed by atoms with van der Waals surface area (Å²) >= 11 is 1.34. The van der Waals surface area contributed by atoms with Gasteiger partial charge in [-0.25, -0.2) is 0 Å². The van der Waals surface area contributed by atoms with Crippen LogP contribution in [0.1, 0.15) is 38.5 Å². The van der Waals surface area contributed by atoms with E-state index in [-0.39, 0.29) is 23.0 Å². The van der Waals surface area contributed by atoms with Gasteiger partial charge in [-0.1, -0.05) is 31.0 Å². The fourth-order valence-corrected chi connectivity index (χ4v) is 3.21. The topological polar surface area (TPSA) is 46.2 Å². The van der Waals surface area contributed by atoms with Gasteiger partial charge in [-0.3, -0.25) is 9.59 Å². The molecule has 84 valence electrons. The van der Waals surface area contributed by atoms with Crippen molar-refractivity contribution in [2.75, 3.05) is 5.75 Å². The van der Waals surface area contributed by atoms with Crippen molar-refractivity contribution in [1.82, 2.24) is 5.32 Å². The van der Waals surface area contributed by atoms with E-state index >= 15 is 0 Å². The molecule has 0 spiro atoms. The predicted molar refractivity (Wildman–Crippen MR) is 60.6 cm³/mol. The van der Waals surface area contributed by atoms with E-state index in [0.29, 0.717) is 0 Å². The van der Waals surface area contributed by atoms with Gasteiger partial charge < -0.3 is 5.32 Å². The molecule has 0 aromatic carbocycles. The highest BCUT2D eigenvalue weighted by Crippen LogP contribution is 2.25.